The van der Waals surface area contributed by atoms with Crippen molar-refractivity contribution in [2.75, 3.05) is 0 Å². The zero-order chi connectivity index (χ0) is 35.2. The summed E-state index contributed by atoms with van der Waals surface area (Å²) in [6.45, 7) is 7.86. The Bertz CT molecular complexity index is 2510. The number of phenolic OH excluding ortho intramolecular Hbond substituents is 1. The van der Waals surface area contributed by atoms with E-state index in [1.54, 1.807) is 12.1 Å². The molecule has 0 aliphatic carbocycles. The van der Waals surface area contributed by atoms with Crippen LogP contribution in [0, 0.1) is 23.7 Å². The van der Waals surface area contributed by atoms with Gasteiger partial charge in [-0.1, -0.05) is 60.1 Å². The predicted octanol–water partition coefficient (Wildman–Crippen LogP) is 9.44. The monoisotopic (exact) mass is 697 g/mol. The Kier molecular flexibility index (Phi) is 8.38. The Hall–Kier alpha value is -6.08. The normalized spacial score (nSPS) is 11.4. The maximum Gasteiger partial charge on any atom is 0.335 e. The highest BCUT2D eigenvalue weighted by molar-refractivity contribution is 7.90. The average molecular weight is 698 g/mol. The SMILES string of the molecule is [C-]#[N+]c1cccc(C#N)c1-c1c(-c2cccc(-c3ccc(C(=O)O)cc3Cl)c2)n(S(=O)(=O)c2ccc(C(F)F)cc2)c2cc(F)c(O)cc12. The molecular weight excluding hydrogens is 679 g/mol. The van der Waals surface area contributed by atoms with Gasteiger partial charge in [0.2, 0.25) is 0 Å². The number of hydrogen-bond donors (Lipinski definition) is 2. The van der Waals surface area contributed by atoms with Gasteiger partial charge in [-0.3, -0.25) is 0 Å². The predicted molar refractivity (Wildman–Crippen MR) is 177 cm³/mol. The number of benzene rings is 5. The van der Waals surface area contributed by atoms with Gasteiger partial charge in [0, 0.05) is 49.9 Å². The lowest BCUT2D eigenvalue weighted by Crippen LogP contribution is -2.14. The van der Waals surface area contributed by atoms with Crippen molar-refractivity contribution in [1.82, 2.24) is 3.97 Å². The lowest BCUT2D eigenvalue weighted by molar-refractivity contribution is 0.0696. The number of rotatable bonds is 7. The minimum atomic E-state index is -4.77. The molecule has 49 heavy (non-hydrogen) atoms. The second-order valence-corrected chi connectivity index (χ2v) is 12.9. The van der Waals surface area contributed by atoms with Crippen LogP contribution in [0.3, 0.4) is 0 Å². The molecule has 1 heterocycles. The van der Waals surface area contributed by atoms with Crippen LogP contribution in [-0.4, -0.2) is 28.6 Å². The zero-order valence-corrected chi connectivity index (χ0v) is 26.3. The molecule has 0 unspecified atom stereocenters. The number of carboxylic acids is 1. The maximum atomic E-state index is 15.1. The van der Waals surface area contributed by atoms with E-state index in [-0.39, 0.29) is 55.1 Å². The Balaban J connectivity index is 1.78. The van der Waals surface area contributed by atoms with Crippen LogP contribution in [0.2, 0.25) is 5.02 Å². The highest BCUT2D eigenvalue weighted by atomic mass is 35.5. The summed E-state index contributed by atoms with van der Waals surface area (Å²) in [5.74, 6) is -3.22. The van der Waals surface area contributed by atoms with Crippen LogP contribution in [0.5, 0.6) is 5.75 Å². The van der Waals surface area contributed by atoms with Crippen LogP contribution in [0.1, 0.15) is 27.9 Å². The summed E-state index contributed by atoms with van der Waals surface area (Å²) >= 11 is 6.47. The van der Waals surface area contributed by atoms with E-state index in [0.29, 0.717) is 11.1 Å². The molecular formula is C36H19ClF3N3O5S. The van der Waals surface area contributed by atoms with E-state index in [2.05, 4.69) is 4.85 Å². The summed E-state index contributed by atoms with van der Waals surface area (Å²) in [6.07, 6.45) is -2.88. The van der Waals surface area contributed by atoms with Gasteiger partial charge < -0.3 is 10.2 Å². The highest BCUT2D eigenvalue weighted by Crippen LogP contribution is 2.49. The van der Waals surface area contributed by atoms with E-state index in [4.69, 9.17) is 18.2 Å². The fourth-order valence-corrected chi connectivity index (χ4v) is 7.46. The van der Waals surface area contributed by atoms with Gasteiger partial charge in [-0.2, -0.15) is 5.26 Å². The Labute approximate surface area is 282 Å². The molecule has 0 aliphatic rings. The first-order chi connectivity index (χ1) is 23.4. The largest absolute Gasteiger partial charge is 0.505 e. The van der Waals surface area contributed by atoms with E-state index < -0.39 is 44.4 Å². The molecule has 0 fully saturated rings. The van der Waals surface area contributed by atoms with Crippen molar-refractivity contribution < 1.29 is 36.6 Å². The molecule has 0 atom stereocenters. The van der Waals surface area contributed by atoms with Crippen LogP contribution >= 0.6 is 11.6 Å². The topological polar surface area (TPSA) is 125 Å². The number of hydrogen-bond acceptors (Lipinski definition) is 5. The van der Waals surface area contributed by atoms with Crippen molar-refractivity contribution >= 4 is 44.2 Å². The van der Waals surface area contributed by atoms with Gasteiger partial charge in [-0.25, -0.2) is 35.2 Å². The molecule has 13 heteroatoms. The van der Waals surface area contributed by atoms with Gasteiger partial charge in [0.25, 0.3) is 16.4 Å². The molecule has 6 aromatic rings. The van der Waals surface area contributed by atoms with Crippen molar-refractivity contribution in [1.29, 1.82) is 5.26 Å². The van der Waals surface area contributed by atoms with Crippen LogP contribution in [0.4, 0.5) is 18.9 Å². The van der Waals surface area contributed by atoms with Crippen molar-refractivity contribution in [3.05, 3.63) is 136 Å². The molecule has 0 aliphatic heterocycles. The number of aromatic nitrogens is 1. The molecule has 0 saturated heterocycles. The number of alkyl halides is 2. The van der Waals surface area contributed by atoms with Crippen LogP contribution in [0.25, 0.3) is 49.3 Å². The number of carbonyl (C=O) groups is 1. The van der Waals surface area contributed by atoms with E-state index >= 15 is 4.39 Å². The smallest absolute Gasteiger partial charge is 0.335 e. The minimum absolute atomic E-state index is 0.00209. The first-order valence-corrected chi connectivity index (χ1v) is 15.9. The number of nitrogens with zero attached hydrogens (tertiary/aromatic N) is 3. The number of aromatic carboxylic acids is 1. The van der Waals surface area contributed by atoms with Gasteiger partial charge in [0.1, 0.15) is 0 Å². The lowest BCUT2D eigenvalue weighted by Gasteiger charge is -2.16. The third-order valence-electron chi connectivity index (χ3n) is 7.86. The second kappa shape index (κ2) is 12.5. The summed E-state index contributed by atoms with van der Waals surface area (Å²) in [5.41, 5.74) is -0.0625. The van der Waals surface area contributed by atoms with Crippen molar-refractivity contribution in [3.63, 3.8) is 0 Å². The van der Waals surface area contributed by atoms with Gasteiger partial charge >= 0.3 is 5.97 Å². The van der Waals surface area contributed by atoms with Crippen LogP contribution < -0.4 is 0 Å². The van der Waals surface area contributed by atoms with Crippen molar-refractivity contribution in [3.8, 4) is 45.3 Å². The summed E-state index contributed by atoms with van der Waals surface area (Å²) in [4.78, 5) is 14.6. The molecule has 1 aromatic heterocycles. The number of halogens is 4. The fourth-order valence-electron chi connectivity index (χ4n) is 5.63. The summed E-state index contributed by atoms with van der Waals surface area (Å²) < 4.78 is 71.8. The summed E-state index contributed by atoms with van der Waals surface area (Å²) in [5, 5.41) is 30.1. The lowest BCUT2D eigenvalue weighted by atomic mass is 9.92. The fraction of sp³-hybridized carbons (Fsp3) is 0.0278. The van der Waals surface area contributed by atoms with Gasteiger partial charge in [-0.05, 0) is 48.0 Å². The Morgan fingerprint density at radius 2 is 1.63 bits per heavy atom. The maximum absolute atomic E-state index is 15.1. The van der Waals surface area contributed by atoms with E-state index in [0.717, 1.165) is 40.4 Å². The Morgan fingerprint density at radius 1 is 0.939 bits per heavy atom. The third kappa shape index (κ3) is 5.63. The van der Waals surface area contributed by atoms with Crippen LogP contribution in [0.15, 0.2) is 102 Å². The van der Waals surface area contributed by atoms with Crippen molar-refractivity contribution in [2.24, 2.45) is 0 Å². The minimum Gasteiger partial charge on any atom is -0.505 e. The Morgan fingerprint density at radius 3 is 2.27 bits per heavy atom. The average Bonchev–Trinajstić information content (AvgIpc) is 3.41. The van der Waals surface area contributed by atoms with Gasteiger partial charge in [-0.15, -0.1) is 0 Å². The molecule has 0 radical (unpaired) electrons. The summed E-state index contributed by atoms with van der Waals surface area (Å²) in [7, 11) is -4.77. The first kappa shape index (κ1) is 32.8. The van der Waals surface area contributed by atoms with Crippen molar-refractivity contribution in [2.45, 2.75) is 11.3 Å². The molecule has 0 bridgehead atoms. The molecule has 0 saturated carbocycles. The number of fused-ring (bicyclic) bond motifs is 1. The number of phenols is 1. The molecule has 242 valence electrons. The second-order valence-electron chi connectivity index (χ2n) is 10.7. The highest BCUT2D eigenvalue weighted by Gasteiger charge is 2.32. The molecule has 0 amide bonds. The summed E-state index contributed by atoms with van der Waals surface area (Å²) in [6, 6.07) is 22.3. The number of carboxylic acid groups (broad SMARTS) is 1. The molecule has 5 aromatic carbocycles. The van der Waals surface area contributed by atoms with Gasteiger partial charge in [0.15, 0.2) is 17.3 Å². The quantitative estimate of drug-likeness (QED) is 0.160. The van der Waals surface area contributed by atoms with E-state index in [9.17, 15) is 37.5 Å². The standard InChI is InChI=1S/C36H19ClF3N3O5S/c1-42-29-7-3-6-23(18-41)32(29)33-26-16-31(44)28(38)17-30(26)43(49(47,48)24-11-8-19(9-12-24)35(39)40)34(33)21-5-2-4-20(14-21)25-13-10-22(36(45)46)15-27(25)37/h2-17,35,44H,(H,45,46). The zero-order valence-electron chi connectivity index (χ0n) is 24.7. The van der Waals surface area contributed by atoms with E-state index in [1.165, 1.54) is 48.5 Å². The molecule has 0 spiro atoms. The van der Waals surface area contributed by atoms with E-state index in [1.807, 2.05) is 6.07 Å². The third-order valence-corrected chi connectivity index (χ3v) is 9.90. The first-order valence-electron chi connectivity index (χ1n) is 14.1. The molecule has 2 N–H and O–H groups in total. The molecule has 8 nitrogen and oxygen atoms in total. The number of aromatic hydroxyl groups is 1. The molecule has 6 rings (SSSR count). The van der Waals surface area contributed by atoms with Crippen LogP contribution in [-0.2, 0) is 10.0 Å². The number of nitriles is 1. The van der Waals surface area contributed by atoms with Gasteiger partial charge in [0.05, 0.1) is 34.3 Å².